The first-order valence-corrected chi connectivity index (χ1v) is 7.44. The summed E-state index contributed by atoms with van der Waals surface area (Å²) in [4.78, 5) is 2.46. The lowest BCUT2D eigenvalue weighted by Crippen LogP contribution is -2.47. The topological polar surface area (TPSA) is 29.3 Å². The molecular weight excluding hydrogens is 288 g/mol. The number of rotatable bonds is 2. The minimum atomic E-state index is 0.364. The number of aryl methyl sites for hydroxylation is 1. The highest BCUT2D eigenvalue weighted by Crippen LogP contribution is 2.38. The second-order valence-electron chi connectivity index (χ2n) is 6.07. The van der Waals surface area contributed by atoms with Crippen LogP contribution in [0.25, 0.3) is 0 Å². The Morgan fingerprint density at radius 1 is 1.44 bits per heavy atom. The molecule has 2 nitrogen and oxygen atoms in total. The van der Waals surface area contributed by atoms with Gasteiger partial charge in [-0.1, -0.05) is 19.9 Å². The molecule has 1 fully saturated rings. The Kier molecular flexibility index (Phi) is 4.02. The predicted molar refractivity (Wildman–Crippen MR) is 82.0 cm³/mol. The summed E-state index contributed by atoms with van der Waals surface area (Å²) in [5.41, 5.74) is 8.90. The minimum absolute atomic E-state index is 0.364. The summed E-state index contributed by atoms with van der Waals surface area (Å²) in [5, 5.41) is 0. The minimum Gasteiger partial charge on any atom is -0.370 e. The van der Waals surface area contributed by atoms with E-state index in [9.17, 15) is 0 Å². The maximum atomic E-state index is 5.94. The van der Waals surface area contributed by atoms with E-state index in [4.69, 9.17) is 5.73 Å². The molecule has 0 aromatic heterocycles. The van der Waals surface area contributed by atoms with Crippen LogP contribution >= 0.6 is 15.9 Å². The van der Waals surface area contributed by atoms with E-state index in [1.165, 1.54) is 22.1 Å². The Balaban J connectivity index is 2.20. The molecule has 1 atom stereocenters. The van der Waals surface area contributed by atoms with E-state index in [1.54, 1.807) is 0 Å². The fourth-order valence-corrected chi connectivity index (χ4v) is 3.46. The molecule has 1 aliphatic heterocycles. The summed E-state index contributed by atoms with van der Waals surface area (Å²) in [7, 11) is 0. The van der Waals surface area contributed by atoms with Gasteiger partial charge in [0, 0.05) is 17.6 Å². The Bertz CT molecular complexity index is 429. The first kappa shape index (κ1) is 13.9. The first-order chi connectivity index (χ1) is 8.44. The maximum Gasteiger partial charge on any atom is 0.0510 e. The number of hydrogen-bond acceptors (Lipinski definition) is 2. The summed E-state index contributed by atoms with van der Waals surface area (Å²) >= 11 is 3.68. The zero-order chi connectivity index (χ0) is 13.3. The number of nitrogens with zero attached hydrogens (tertiary/aromatic N) is 1. The van der Waals surface area contributed by atoms with Crippen LogP contribution in [0.3, 0.4) is 0 Å². The number of hydrogen-bond donors (Lipinski definition) is 1. The van der Waals surface area contributed by atoms with E-state index >= 15 is 0 Å². The van der Waals surface area contributed by atoms with Crippen molar-refractivity contribution in [2.45, 2.75) is 27.2 Å². The number of nitrogens with two attached hydrogens (primary N) is 1. The lowest BCUT2D eigenvalue weighted by Gasteiger charge is -2.44. The van der Waals surface area contributed by atoms with E-state index in [0.29, 0.717) is 11.3 Å². The summed E-state index contributed by atoms with van der Waals surface area (Å²) in [5.74, 6) is 0.569. The molecule has 0 bridgehead atoms. The first-order valence-electron chi connectivity index (χ1n) is 6.65. The molecule has 0 spiro atoms. The highest BCUT2D eigenvalue weighted by Gasteiger charge is 2.34. The Morgan fingerprint density at radius 2 is 2.17 bits per heavy atom. The average molecular weight is 311 g/mol. The van der Waals surface area contributed by atoms with Crippen LogP contribution in [0.4, 0.5) is 5.69 Å². The van der Waals surface area contributed by atoms with Crippen molar-refractivity contribution in [1.82, 2.24) is 0 Å². The number of anilines is 1. The van der Waals surface area contributed by atoms with Crippen molar-refractivity contribution >= 4 is 21.6 Å². The Morgan fingerprint density at radius 3 is 2.78 bits per heavy atom. The quantitative estimate of drug-likeness (QED) is 0.905. The average Bonchev–Trinajstić information content (AvgIpc) is 2.30. The SMILES string of the molecule is Cc1ccc(N2CCC(C)(C)C(CN)C2)c(Br)c1. The van der Waals surface area contributed by atoms with Crippen molar-refractivity contribution in [3.8, 4) is 0 Å². The van der Waals surface area contributed by atoms with Gasteiger partial charge in [0.15, 0.2) is 0 Å². The number of benzene rings is 1. The fourth-order valence-electron chi connectivity index (χ4n) is 2.71. The molecule has 18 heavy (non-hydrogen) atoms. The second-order valence-corrected chi connectivity index (χ2v) is 6.93. The zero-order valence-corrected chi connectivity index (χ0v) is 13.1. The second kappa shape index (κ2) is 5.22. The molecule has 1 aliphatic rings. The van der Waals surface area contributed by atoms with Crippen LogP contribution < -0.4 is 10.6 Å². The summed E-state index contributed by atoms with van der Waals surface area (Å²) in [6.07, 6.45) is 1.20. The van der Waals surface area contributed by atoms with Gasteiger partial charge in [0.2, 0.25) is 0 Å². The van der Waals surface area contributed by atoms with Gasteiger partial charge in [0.25, 0.3) is 0 Å². The molecule has 1 aromatic carbocycles. The lowest BCUT2D eigenvalue weighted by atomic mass is 9.73. The standard InChI is InChI=1S/C15H23BrN2/c1-11-4-5-14(13(16)8-11)18-7-6-15(2,3)12(9-17)10-18/h4-5,8,12H,6-7,9-10,17H2,1-3H3. The molecule has 1 heterocycles. The molecular formula is C15H23BrN2. The smallest absolute Gasteiger partial charge is 0.0510 e. The van der Waals surface area contributed by atoms with Crippen molar-refractivity contribution in [1.29, 1.82) is 0 Å². The van der Waals surface area contributed by atoms with Crippen LogP contribution in [0.15, 0.2) is 22.7 Å². The third kappa shape index (κ3) is 2.72. The molecule has 1 saturated heterocycles. The van der Waals surface area contributed by atoms with E-state index in [2.05, 4.69) is 59.8 Å². The molecule has 1 unspecified atom stereocenters. The van der Waals surface area contributed by atoms with Gasteiger partial charge in [-0.3, -0.25) is 0 Å². The van der Waals surface area contributed by atoms with Gasteiger partial charge in [0.05, 0.1) is 5.69 Å². The van der Waals surface area contributed by atoms with Crippen molar-refractivity contribution in [3.63, 3.8) is 0 Å². The van der Waals surface area contributed by atoms with Crippen LogP contribution in [0.2, 0.25) is 0 Å². The molecule has 0 aliphatic carbocycles. The zero-order valence-electron chi connectivity index (χ0n) is 11.5. The maximum absolute atomic E-state index is 5.94. The van der Waals surface area contributed by atoms with Crippen molar-refractivity contribution in [2.24, 2.45) is 17.1 Å². The predicted octanol–water partition coefficient (Wildman–Crippen LogP) is 3.57. The van der Waals surface area contributed by atoms with Gasteiger partial charge >= 0.3 is 0 Å². The molecule has 0 amide bonds. The van der Waals surface area contributed by atoms with E-state index in [1.807, 2.05) is 0 Å². The van der Waals surface area contributed by atoms with Crippen LogP contribution in [-0.2, 0) is 0 Å². The van der Waals surface area contributed by atoms with Gasteiger partial charge < -0.3 is 10.6 Å². The van der Waals surface area contributed by atoms with Crippen molar-refractivity contribution < 1.29 is 0 Å². The molecule has 2 rings (SSSR count). The molecule has 3 heteroatoms. The van der Waals surface area contributed by atoms with Gasteiger partial charge in [-0.15, -0.1) is 0 Å². The third-order valence-electron chi connectivity index (χ3n) is 4.30. The van der Waals surface area contributed by atoms with Gasteiger partial charge in [-0.2, -0.15) is 0 Å². The number of halogens is 1. The van der Waals surface area contributed by atoms with Gasteiger partial charge in [0.1, 0.15) is 0 Å². The van der Waals surface area contributed by atoms with Crippen LogP contribution in [-0.4, -0.2) is 19.6 Å². The fraction of sp³-hybridized carbons (Fsp3) is 0.600. The molecule has 1 aromatic rings. The molecule has 0 saturated carbocycles. The van der Waals surface area contributed by atoms with E-state index in [0.717, 1.165) is 19.6 Å². The largest absolute Gasteiger partial charge is 0.370 e. The monoisotopic (exact) mass is 310 g/mol. The summed E-state index contributed by atoms with van der Waals surface area (Å²) < 4.78 is 1.19. The van der Waals surface area contributed by atoms with Crippen molar-refractivity contribution in [3.05, 3.63) is 28.2 Å². The summed E-state index contributed by atoms with van der Waals surface area (Å²) in [6, 6.07) is 6.58. The highest BCUT2D eigenvalue weighted by molar-refractivity contribution is 9.10. The van der Waals surface area contributed by atoms with Gasteiger partial charge in [-0.25, -0.2) is 0 Å². The van der Waals surface area contributed by atoms with Crippen LogP contribution in [0, 0.1) is 18.3 Å². The molecule has 100 valence electrons. The highest BCUT2D eigenvalue weighted by atomic mass is 79.9. The van der Waals surface area contributed by atoms with Crippen LogP contribution in [0.1, 0.15) is 25.8 Å². The van der Waals surface area contributed by atoms with E-state index in [-0.39, 0.29) is 0 Å². The summed E-state index contributed by atoms with van der Waals surface area (Å²) in [6.45, 7) is 9.75. The molecule has 0 radical (unpaired) electrons. The van der Waals surface area contributed by atoms with Gasteiger partial charge in [-0.05, 0) is 64.8 Å². The Labute approximate surface area is 119 Å². The Hall–Kier alpha value is -0.540. The lowest BCUT2D eigenvalue weighted by molar-refractivity contribution is 0.177. The number of piperidine rings is 1. The van der Waals surface area contributed by atoms with Crippen LogP contribution in [0.5, 0.6) is 0 Å². The molecule has 2 N–H and O–H groups in total. The normalized spacial score (nSPS) is 23.2. The third-order valence-corrected chi connectivity index (χ3v) is 4.94. The van der Waals surface area contributed by atoms with Crippen molar-refractivity contribution in [2.75, 3.05) is 24.5 Å². The van der Waals surface area contributed by atoms with E-state index < -0.39 is 0 Å².